The summed E-state index contributed by atoms with van der Waals surface area (Å²) in [6.07, 6.45) is 11.1. The fourth-order valence-corrected chi connectivity index (χ4v) is 2.94. The zero-order chi connectivity index (χ0) is 12.7. The van der Waals surface area contributed by atoms with Crippen molar-refractivity contribution in [2.75, 3.05) is 14.2 Å². The van der Waals surface area contributed by atoms with E-state index in [1.54, 1.807) is 0 Å². The average Bonchev–Trinajstić information content (AvgIpc) is 2.35. The Morgan fingerprint density at radius 3 is 2.41 bits per heavy atom. The highest BCUT2D eigenvalue weighted by Crippen LogP contribution is 2.28. The number of rotatable bonds is 7. The molecule has 1 N–H and O–H groups in total. The molecule has 1 unspecified atom stereocenters. The van der Waals surface area contributed by atoms with E-state index < -0.39 is 0 Å². The summed E-state index contributed by atoms with van der Waals surface area (Å²) in [7, 11) is 3.89. The SMILES string of the molecule is CNC(CCC1CCCCC1)CC(C)(C)OC. The van der Waals surface area contributed by atoms with Crippen LogP contribution in [0.2, 0.25) is 0 Å². The minimum atomic E-state index is 0.000240. The van der Waals surface area contributed by atoms with Crippen LogP contribution in [0.4, 0.5) is 0 Å². The summed E-state index contributed by atoms with van der Waals surface area (Å²) >= 11 is 0. The first-order chi connectivity index (χ1) is 8.07. The van der Waals surface area contributed by atoms with Gasteiger partial charge in [0, 0.05) is 13.2 Å². The molecule has 2 heteroatoms. The highest BCUT2D eigenvalue weighted by Gasteiger charge is 2.23. The molecule has 0 amide bonds. The van der Waals surface area contributed by atoms with Gasteiger partial charge in [-0.05, 0) is 46.1 Å². The zero-order valence-corrected chi connectivity index (χ0v) is 12.2. The van der Waals surface area contributed by atoms with Crippen LogP contribution in [-0.4, -0.2) is 25.8 Å². The summed E-state index contributed by atoms with van der Waals surface area (Å²) < 4.78 is 5.52. The second-order valence-corrected chi connectivity index (χ2v) is 6.23. The molecule has 0 aromatic rings. The zero-order valence-electron chi connectivity index (χ0n) is 12.2. The number of nitrogens with one attached hydrogen (secondary N) is 1. The first kappa shape index (κ1) is 15.0. The number of methoxy groups -OCH3 is 1. The third-order valence-corrected chi connectivity index (χ3v) is 4.35. The Bertz CT molecular complexity index is 197. The van der Waals surface area contributed by atoms with Gasteiger partial charge >= 0.3 is 0 Å². The van der Waals surface area contributed by atoms with E-state index in [1.165, 1.54) is 44.9 Å². The maximum absolute atomic E-state index is 5.52. The topological polar surface area (TPSA) is 21.3 Å². The Morgan fingerprint density at radius 1 is 1.24 bits per heavy atom. The first-order valence-electron chi connectivity index (χ1n) is 7.30. The molecule has 1 aliphatic rings. The van der Waals surface area contributed by atoms with E-state index in [1.807, 2.05) is 7.11 Å². The van der Waals surface area contributed by atoms with Crippen LogP contribution in [-0.2, 0) is 4.74 Å². The van der Waals surface area contributed by atoms with Gasteiger partial charge in [0.1, 0.15) is 0 Å². The molecule has 1 rings (SSSR count). The minimum Gasteiger partial charge on any atom is -0.379 e. The van der Waals surface area contributed by atoms with E-state index in [-0.39, 0.29) is 5.60 Å². The molecule has 0 bridgehead atoms. The first-order valence-corrected chi connectivity index (χ1v) is 7.30. The molecule has 1 fully saturated rings. The lowest BCUT2D eigenvalue weighted by atomic mass is 9.84. The summed E-state index contributed by atoms with van der Waals surface area (Å²) in [5, 5.41) is 3.45. The summed E-state index contributed by atoms with van der Waals surface area (Å²) in [4.78, 5) is 0. The van der Waals surface area contributed by atoms with Crippen LogP contribution in [0.1, 0.15) is 65.2 Å². The van der Waals surface area contributed by atoms with Gasteiger partial charge in [0.05, 0.1) is 5.60 Å². The highest BCUT2D eigenvalue weighted by atomic mass is 16.5. The molecule has 0 radical (unpaired) electrons. The molecule has 17 heavy (non-hydrogen) atoms. The Hall–Kier alpha value is -0.0800. The van der Waals surface area contributed by atoms with Crippen LogP contribution in [0.3, 0.4) is 0 Å². The van der Waals surface area contributed by atoms with Crippen molar-refractivity contribution in [3.05, 3.63) is 0 Å². The molecule has 0 aliphatic heterocycles. The van der Waals surface area contributed by atoms with Crippen molar-refractivity contribution in [1.82, 2.24) is 5.32 Å². The number of ether oxygens (including phenoxy) is 1. The monoisotopic (exact) mass is 241 g/mol. The van der Waals surface area contributed by atoms with Gasteiger partial charge in [0.2, 0.25) is 0 Å². The maximum Gasteiger partial charge on any atom is 0.0637 e. The Morgan fingerprint density at radius 2 is 1.88 bits per heavy atom. The van der Waals surface area contributed by atoms with Gasteiger partial charge in [-0.2, -0.15) is 0 Å². The lowest BCUT2D eigenvalue weighted by Crippen LogP contribution is -2.36. The fraction of sp³-hybridized carbons (Fsp3) is 1.00. The highest BCUT2D eigenvalue weighted by molar-refractivity contribution is 4.78. The van der Waals surface area contributed by atoms with E-state index in [4.69, 9.17) is 4.74 Å². The van der Waals surface area contributed by atoms with Gasteiger partial charge in [-0.3, -0.25) is 0 Å². The van der Waals surface area contributed by atoms with E-state index in [9.17, 15) is 0 Å². The molecule has 0 spiro atoms. The Labute approximate surface area is 108 Å². The summed E-state index contributed by atoms with van der Waals surface area (Å²) in [6.45, 7) is 4.36. The summed E-state index contributed by atoms with van der Waals surface area (Å²) in [5.41, 5.74) is 0.000240. The summed E-state index contributed by atoms with van der Waals surface area (Å²) in [5.74, 6) is 0.991. The fourth-order valence-electron chi connectivity index (χ4n) is 2.94. The number of hydrogen-bond donors (Lipinski definition) is 1. The Kier molecular flexibility index (Phi) is 6.50. The van der Waals surface area contributed by atoms with Crippen molar-refractivity contribution in [3.8, 4) is 0 Å². The van der Waals surface area contributed by atoms with Crippen LogP contribution < -0.4 is 5.32 Å². The van der Waals surface area contributed by atoms with E-state index in [0.717, 1.165) is 12.3 Å². The molecule has 1 atom stereocenters. The molecule has 1 saturated carbocycles. The second kappa shape index (κ2) is 7.38. The third kappa shape index (κ3) is 5.87. The predicted molar refractivity (Wildman–Crippen MR) is 74.4 cm³/mol. The molecule has 0 saturated heterocycles. The number of hydrogen-bond acceptors (Lipinski definition) is 2. The van der Waals surface area contributed by atoms with E-state index in [0.29, 0.717) is 6.04 Å². The van der Waals surface area contributed by atoms with Gasteiger partial charge in [-0.25, -0.2) is 0 Å². The van der Waals surface area contributed by atoms with Crippen molar-refractivity contribution in [3.63, 3.8) is 0 Å². The minimum absolute atomic E-state index is 0.000240. The molecular weight excluding hydrogens is 210 g/mol. The standard InChI is InChI=1S/C15H31NO/c1-15(2,17-4)12-14(16-3)11-10-13-8-6-5-7-9-13/h13-14,16H,5-12H2,1-4H3. The molecule has 2 nitrogen and oxygen atoms in total. The van der Waals surface area contributed by atoms with Crippen molar-refractivity contribution in [1.29, 1.82) is 0 Å². The quantitative estimate of drug-likeness (QED) is 0.733. The van der Waals surface area contributed by atoms with Crippen LogP contribution in [0.25, 0.3) is 0 Å². The molecule has 0 heterocycles. The van der Waals surface area contributed by atoms with Crippen molar-refractivity contribution in [2.24, 2.45) is 5.92 Å². The molecule has 1 aliphatic carbocycles. The summed E-state index contributed by atoms with van der Waals surface area (Å²) in [6, 6.07) is 0.604. The van der Waals surface area contributed by atoms with Gasteiger partial charge in [-0.1, -0.05) is 32.1 Å². The van der Waals surface area contributed by atoms with E-state index in [2.05, 4.69) is 26.2 Å². The lowest BCUT2D eigenvalue weighted by Gasteiger charge is -2.30. The largest absolute Gasteiger partial charge is 0.379 e. The molecule has 0 aromatic carbocycles. The van der Waals surface area contributed by atoms with Gasteiger partial charge in [-0.15, -0.1) is 0 Å². The normalized spacial score (nSPS) is 20.5. The smallest absolute Gasteiger partial charge is 0.0637 e. The van der Waals surface area contributed by atoms with Crippen molar-refractivity contribution < 1.29 is 4.74 Å². The van der Waals surface area contributed by atoms with Gasteiger partial charge < -0.3 is 10.1 Å². The van der Waals surface area contributed by atoms with Gasteiger partial charge in [0.15, 0.2) is 0 Å². The molecule has 0 aromatic heterocycles. The lowest BCUT2D eigenvalue weighted by molar-refractivity contribution is 0.00639. The molecular formula is C15H31NO. The molecule has 102 valence electrons. The van der Waals surface area contributed by atoms with Crippen LogP contribution in [0.15, 0.2) is 0 Å². The second-order valence-electron chi connectivity index (χ2n) is 6.23. The van der Waals surface area contributed by atoms with Crippen molar-refractivity contribution >= 4 is 0 Å². The van der Waals surface area contributed by atoms with Gasteiger partial charge in [0.25, 0.3) is 0 Å². The van der Waals surface area contributed by atoms with E-state index >= 15 is 0 Å². The maximum atomic E-state index is 5.52. The predicted octanol–water partition coefficient (Wildman–Crippen LogP) is 3.75. The van der Waals surface area contributed by atoms with Crippen molar-refractivity contribution in [2.45, 2.75) is 76.9 Å². The van der Waals surface area contributed by atoms with Crippen LogP contribution >= 0.6 is 0 Å². The Balaban J connectivity index is 2.26. The van der Waals surface area contributed by atoms with Crippen LogP contribution in [0.5, 0.6) is 0 Å². The third-order valence-electron chi connectivity index (χ3n) is 4.35. The van der Waals surface area contributed by atoms with Crippen LogP contribution in [0, 0.1) is 5.92 Å². The average molecular weight is 241 g/mol.